The van der Waals surface area contributed by atoms with Gasteiger partial charge in [-0.2, -0.15) is 5.10 Å². The van der Waals surface area contributed by atoms with Crippen LogP contribution in [0.15, 0.2) is 92.0 Å². The second-order valence-electron chi connectivity index (χ2n) is 7.37. The maximum Gasteiger partial charge on any atom is 0.270 e. The van der Waals surface area contributed by atoms with E-state index in [1.807, 2.05) is 30.5 Å². The van der Waals surface area contributed by atoms with Gasteiger partial charge in [0, 0.05) is 39.9 Å². The van der Waals surface area contributed by atoms with Crippen molar-refractivity contribution >= 4 is 45.9 Å². The van der Waals surface area contributed by atoms with Gasteiger partial charge in [-0.05, 0) is 36.8 Å². The van der Waals surface area contributed by atoms with E-state index in [9.17, 15) is 10.1 Å². The number of aromatic nitrogens is 1. The molecular weight excluding hydrogens is 454 g/mol. The Hall–Kier alpha value is -3.69. The van der Waals surface area contributed by atoms with Crippen molar-refractivity contribution in [1.29, 1.82) is 0 Å². The fourth-order valence-electron chi connectivity index (χ4n) is 3.60. The van der Waals surface area contributed by atoms with Gasteiger partial charge in [0.1, 0.15) is 0 Å². The molecule has 2 heterocycles. The number of para-hydroxylation sites is 1. The number of nitrogens with zero attached hydrogens (tertiary/aromatic N) is 4. The second kappa shape index (κ2) is 8.68. The van der Waals surface area contributed by atoms with Crippen LogP contribution in [0.1, 0.15) is 12.5 Å². The molecule has 5 rings (SSSR count). The average Bonchev–Trinajstić information content (AvgIpc) is 3.24. The van der Waals surface area contributed by atoms with Crippen molar-refractivity contribution in [3.63, 3.8) is 0 Å². The Balaban J connectivity index is 1.54. The molecule has 0 unspecified atom stereocenters. The number of benzene rings is 3. The quantitative estimate of drug-likeness (QED) is 0.193. The number of thiazole rings is 1. The Bertz CT molecular complexity index is 1490. The van der Waals surface area contributed by atoms with Crippen LogP contribution in [0.2, 0.25) is 0 Å². The molecular formula is C24H19N5O2S2. The summed E-state index contributed by atoms with van der Waals surface area (Å²) in [5.74, 6) is 0. The zero-order chi connectivity index (χ0) is 22.9. The van der Waals surface area contributed by atoms with Gasteiger partial charge in [0.2, 0.25) is 4.80 Å². The largest absolute Gasteiger partial charge is 0.354 e. The summed E-state index contributed by atoms with van der Waals surface area (Å²) in [6.07, 6.45) is 0. The highest BCUT2D eigenvalue weighted by Crippen LogP contribution is 2.44. The third-order valence-corrected chi connectivity index (χ3v) is 7.31. The van der Waals surface area contributed by atoms with E-state index in [0.717, 1.165) is 33.2 Å². The number of fused-ring (bicyclic) bond motifs is 2. The second-order valence-corrected chi connectivity index (χ2v) is 9.29. The van der Waals surface area contributed by atoms with Crippen LogP contribution in [0.25, 0.3) is 11.3 Å². The van der Waals surface area contributed by atoms with Crippen molar-refractivity contribution in [3.05, 3.63) is 92.6 Å². The van der Waals surface area contributed by atoms with Crippen LogP contribution < -0.4 is 10.1 Å². The maximum absolute atomic E-state index is 11.2. The standard InChI is InChI=1S/C24H19N5O2S2/c1-15(16-10-11-23-20(13-16)26-19-8-3-4-9-22(19)33-23)27-28-21(14-32-24(28)25-2)17-6-5-7-18(12-17)29(30)31/h3-14,26H,1-2H3. The molecule has 9 heteroatoms. The van der Waals surface area contributed by atoms with Crippen LogP contribution in [0.3, 0.4) is 0 Å². The number of hydrogen-bond donors (Lipinski definition) is 1. The maximum atomic E-state index is 11.2. The van der Waals surface area contributed by atoms with E-state index in [0.29, 0.717) is 10.4 Å². The predicted octanol–water partition coefficient (Wildman–Crippen LogP) is 6.14. The van der Waals surface area contributed by atoms with Gasteiger partial charge < -0.3 is 5.32 Å². The molecule has 0 radical (unpaired) electrons. The van der Waals surface area contributed by atoms with Gasteiger partial charge in [-0.25, -0.2) is 4.68 Å². The number of nitrogens with one attached hydrogen (secondary N) is 1. The summed E-state index contributed by atoms with van der Waals surface area (Å²) in [5, 5.41) is 21.5. The molecule has 7 nitrogen and oxygen atoms in total. The van der Waals surface area contributed by atoms with E-state index in [1.54, 1.807) is 35.6 Å². The lowest BCUT2D eigenvalue weighted by Crippen LogP contribution is -2.14. The molecule has 1 aliphatic rings. The Morgan fingerprint density at radius 1 is 1.03 bits per heavy atom. The summed E-state index contributed by atoms with van der Waals surface area (Å²) >= 11 is 3.18. The molecule has 1 aromatic heterocycles. The summed E-state index contributed by atoms with van der Waals surface area (Å²) in [6.45, 7) is 1.95. The van der Waals surface area contributed by atoms with E-state index in [4.69, 9.17) is 5.10 Å². The monoisotopic (exact) mass is 473 g/mol. The fraction of sp³-hybridized carbons (Fsp3) is 0.0833. The average molecular weight is 474 g/mol. The molecule has 0 saturated heterocycles. The summed E-state index contributed by atoms with van der Waals surface area (Å²) in [7, 11) is 1.71. The summed E-state index contributed by atoms with van der Waals surface area (Å²) in [4.78, 5) is 18.3. The molecule has 0 aliphatic carbocycles. The molecule has 0 atom stereocenters. The number of nitro benzene ring substituents is 1. The van der Waals surface area contributed by atoms with Gasteiger partial charge in [-0.1, -0.05) is 42.1 Å². The zero-order valence-electron chi connectivity index (χ0n) is 17.9. The molecule has 0 fully saturated rings. The van der Waals surface area contributed by atoms with Crippen LogP contribution in [-0.4, -0.2) is 22.4 Å². The van der Waals surface area contributed by atoms with Crippen molar-refractivity contribution in [3.8, 4) is 11.3 Å². The third kappa shape index (κ3) is 4.08. The van der Waals surface area contributed by atoms with Crippen LogP contribution in [-0.2, 0) is 0 Å². The smallest absolute Gasteiger partial charge is 0.270 e. The lowest BCUT2D eigenvalue weighted by Gasteiger charge is -2.21. The van der Waals surface area contributed by atoms with Crippen LogP contribution in [0.4, 0.5) is 17.1 Å². The highest BCUT2D eigenvalue weighted by atomic mass is 32.2. The molecule has 33 heavy (non-hydrogen) atoms. The van der Waals surface area contributed by atoms with Crippen LogP contribution in [0, 0.1) is 10.1 Å². The number of rotatable bonds is 4. The van der Waals surface area contributed by atoms with Gasteiger partial charge in [0.25, 0.3) is 5.69 Å². The predicted molar refractivity (Wildman–Crippen MR) is 134 cm³/mol. The van der Waals surface area contributed by atoms with Crippen LogP contribution >= 0.6 is 23.1 Å². The van der Waals surface area contributed by atoms with E-state index in [2.05, 4.69) is 40.6 Å². The van der Waals surface area contributed by atoms with Crippen molar-refractivity contribution < 1.29 is 4.92 Å². The summed E-state index contributed by atoms with van der Waals surface area (Å²) in [5.41, 5.74) is 5.43. The number of non-ortho nitro benzene ring substituents is 1. The molecule has 1 N–H and O–H groups in total. The normalized spacial score (nSPS) is 13.3. The molecule has 0 amide bonds. The van der Waals surface area contributed by atoms with E-state index in [1.165, 1.54) is 22.3 Å². The minimum absolute atomic E-state index is 0.0412. The highest BCUT2D eigenvalue weighted by Gasteiger charge is 2.17. The lowest BCUT2D eigenvalue weighted by atomic mass is 10.1. The summed E-state index contributed by atoms with van der Waals surface area (Å²) < 4.78 is 1.75. The minimum atomic E-state index is -0.393. The van der Waals surface area contributed by atoms with Gasteiger partial charge in [-0.3, -0.25) is 15.1 Å². The van der Waals surface area contributed by atoms with Crippen molar-refractivity contribution in [2.24, 2.45) is 10.1 Å². The van der Waals surface area contributed by atoms with E-state index < -0.39 is 4.92 Å². The number of nitro groups is 1. The van der Waals surface area contributed by atoms with Gasteiger partial charge in [0.05, 0.1) is 27.7 Å². The van der Waals surface area contributed by atoms with E-state index >= 15 is 0 Å². The molecule has 1 aliphatic heterocycles. The molecule has 4 aromatic rings. The topological polar surface area (TPSA) is 84.8 Å². The van der Waals surface area contributed by atoms with Crippen LogP contribution in [0.5, 0.6) is 0 Å². The molecule has 164 valence electrons. The first-order chi connectivity index (χ1) is 16.0. The number of anilines is 2. The highest BCUT2D eigenvalue weighted by molar-refractivity contribution is 7.99. The Morgan fingerprint density at radius 2 is 1.85 bits per heavy atom. The van der Waals surface area contributed by atoms with Gasteiger partial charge in [-0.15, -0.1) is 11.3 Å². The van der Waals surface area contributed by atoms with Gasteiger partial charge >= 0.3 is 0 Å². The molecule has 0 bridgehead atoms. The van der Waals surface area contributed by atoms with E-state index in [-0.39, 0.29) is 5.69 Å². The number of hydrogen-bond acceptors (Lipinski definition) is 7. The Morgan fingerprint density at radius 3 is 2.67 bits per heavy atom. The Kier molecular flexibility index (Phi) is 5.57. The van der Waals surface area contributed by atoms with Crippen molar-refractivity contribution in [2.75, 3.05) is 12.4 Å². The SMILES string of the molecule is CN=c1scc(-c2cccc([N+](=O)[O-])c2)n1N=C(C)c1ccc2c(c1)Nc1ccccc1S2. The first-order valence-electron chi connectivity index (χ1n) is 10.2. The molecule has 0 saturated carbocycles. The molecule has 3 aromatic carbocycles. The van der Waals surface area contributed by atoms with Gasteiger partial charge in [0.15, 0.2) is 0 Å². The molecule has 0 spiro atoms. The lowest BCUT2D eigenvalue weighted by molar-refractivity contribution is -0.384. The fourth-order valence-corrected chi connectivity index (χ4v) is 5.36. The zero-order valence-corrected chi connectivity index (χ0v) is 19.5. The first-order valence-corrected chi connectivity index (χ1v) is 11.9. The van der Waals surface area contributed by atoms with Crippen molar-refractivity contribution in [1.82, 2.24) is 4.68 Å². The minimum Gasteiger partial charge on any atom is -0.354 e. The third-order valence-electron chi connectivity index (χ3n) is 5.25. The Labute approximate surface area is 198 Å². The van der Waals surface area contributed by atoms with Crippen molar-refractivity contribution in [2.45, 2.75) is 16.7 Å². The summed E-state index contributed by atoms with van der Waals surface area (Å²) in [6, 6.07) is 21.0. The first kappa shape index (κ1) is 21.2.